The first-order chi connectivity index (χ1) is 5.83. The van der Waals surface area contributed by atoms with Crippen molar-refractivity contribution in [2.24, 2.45) is 0 Å². The number of esters is 1. The summed E-state index contributed by atoms with van der Waals surface area (Å²) in [5.74, 6) is -0.413. The SMILES string of the molecule is C=C(C)C(=O)OCCCC(Cl)(Cl)Cl. The van der Waals surface area contributed by atoms with Gasteiger partial charge in [0.25, 0.3) is 0 Å². The van der Waals surface area contributed by atoms with Crippen molar-refractivity contribution in [1.29, 1.82) is 0 Å². The van der Waals surface area contributed by atoms with Gasteiger partial charge in [0.1, 0.15) is 0 Å². The summed E-state index contributed by atoms with van der Waals surface area (Å²) >= 11 is 16.5. The van der Waals surface area contributed by atoms with E-state index in [1.165, 1.54) is 0 Å². The number of hydrogen-bond donors (Lipinski definition) is 0. The summed E-state index contributed by atoms with van der Waals surface area (Å²) in [5, 5.41) is 0. The lowest BCUT2D eigenvalue weighted by atomic mass is 10.3. The summed E-state index contributed by atoms with van der Waals surface area (Å²) in [7, 11) is 0. The average Bonchev–Trinajstić information content (AvgIpc) is 1.95. The molecule has 0 N–H and O–H groups in total. The molecule has 13 heavy (non-hydrogen) atoms. The van der Waals surface area contributed by atoms with Gasteiger partial charge in [-0.3, -0.25) is 0 Å². The van der Waals surface area contributed by atoms with Gasteiger partial charge in [-0.2, -0.15) is 0 Å². The maximum absolute atomic E-state index is 10.8. The minimum Gasteiger partial charge on any atom is -0.462 e. The first-order valence-corrected chi connectivity index (χ1v) is 4.85. The summed E-state index contributed by atoms with van der Waals surface area (Å²) in [6, 6.07) is 0. The molecule has 0 radical (unpaired) electrons. The van der Waals surface area contributed by atoms with E-state index in [4.69, 9.17) is 39.5 Å². The van der Waals surface area contributed by atoms with Gasteiger partial charge in [-0.1, -0.05) is 41.4 Å². The molecule has 0 aliphatic heterocycles. The van der Waals surface area contributed by atoms with E-state index in [0.717, 1.165) is 0 Å². The van der Waals surface area contributed by atoms with E-state index < -0.39 is 9.76 Å². The average molecular weight is 246 g/mol. The Bertz CT molecular complexity index is 196. The zero-order valence-electron chi connectivity index (χ0n) is 7.28. The number of ether oxygens (including phenoxy) is 1. The largest absolute Gasteiger partial charge is 0.462 e. The molecule has 5 heteroatoms. The van der Waals surface area contributed by atoms with Crippen LogP contribution < -0.4 is 0 Å². The van der Waals surface area contributed by atoms with Crippen LogP contribution in [0.15, 0.2) is 12.2 Å². The first-order valence-electron chi connectivity index (χ1n) is 3.72. The van der Waals surface area contributed by atoms with Crippen molar-refractivity contribution in [3.63, 3.8) is 0 Å². The smallest absolute Gasteiger partial charge is 0.333 e. The van der Waals surface area contributed by atoms with Crippen molar-refractivity contribution in [1.82, 2.24) is 0 Å². The Morgan fingerprint density at radius 1 is 1.46 bits per heavy atom. The Balaban J connectivity index is 3.47. The van der Waals surface area contributed by atoms with Gasteiger partial charge in [0.2, 0.25) is 0 Å². The van der Waals surface area contributed by atoms with Gasteiger partial charge in [0.15, 0.2) is 3.79 Å². The lowest BCUT2D eigenvalue weighted by molar-refractivity contribution is -0.139. The Labute approximate surface area is 92.8 Å². The summed E-state index contributed by atoms with van der Waals surface area (Å²) in [6.45, 7) is 5.26. The van der Waals surface area contributed by atoms with Crippen molar-refractivity contribution in [2.45, 2.75) is 23.6 Å². The molecule has 0 aromatic carbocycles. The van der Waals surface area contributed by atoms with Crippen molar-refractivity contribution in [3.05, 3.63) is 12.2 Å². The first kappa shape index (κ1) is 13.1. The molecule has 0 rings (SSSR count). The molecular formula is C8H11Cl3O2. The predicted molar refractivity (Wildman–Crippen MR) is 55.3 cm³/mol. The van der Waals surface area contributed by atoms with Gasteiger partial charge >= 0.3 is 5.97 Å². The monoisotopic (exact) mass is 244 g/mol. The lowest BCUT2D eigenvalue weighted by Gasteiger charge is -2.10. The molecule has 0 heterocycles. The zero-order valence-corrected chi connectivity index (χ0v) is 9.55. The third-order valence-corrected chi connectivity index (χ3v) is 1.75. The van der Waals surface area contributed by atoms with Gasteiger partial charge in [-0.05, 0) is 19.8 Å². The summed E-state index contributed by atoms with van der Waals surface area (Å²) < 4.78 is 3.52. The fourth-order valence-corrected chi connectivity index (χ4v) is 0.962. The highest BCUT2D eigenvalue weighted by Crippen LogP contribution is 2.31. The highest BCUT2D eigenvalue weighted by Gasteiger charge is 2.18. The van der Waals surface area contributed by atoms with Crippen molar-refractivity contribution < 1.29 is 9.53 Å². The second-order valence-electron chi connectivity index (χ2n) is 2.63. The van der Waals surface area contributed by atoms with Gasteiger partial charge in [-0.15, -0.1) is 0 Å². The van der Waals surface area contributed by atoms with Gasteiger partial charge in [-0.25, -0.2) is 4.79 Å². The Kier molecular flexibility index (Phi) is 5.77. The molecule has 0 fully saturated rings. The fraction of sp³-hybridized carbons (Fsp3) is 0.625. The van der Waals surface area contributed by atoms with Gasteiger partial charge in [0.05, 0.1) is 6.61 Å². The van der Waals surface area contributed by atoms with E-state index in [0.29, 0.717) is 18.4 Å². The summed E-state index contributed by atoms with van der Waals surface area (Å²) in [6.07, 6.45) is 0.886. The number of carbonyl (C=O) groups excluding carboxylic acids is 1. The van der Waals surface area contributed by atoms with Crippen LogP contribution in [0.3, 0.4) is 0 Å². The summed E-state index contributed by atoms with van der Waals surface area (Å²) in [5.41, 5.74) is 0.369. The molecule has 76 valence electrons. The van der Waals surface area contributed by atoms with E-state index >= 15 is 0 Å². The Hall–Kier alpha value is 0.0800. The quantitative estimate of drug-likeness (QED) is 0.329. The van der Waals surface area contributed by atoms with Crippen molar-refractivity contribution in [3.8, 4) is 0 Å². The van der Waals surface area contributed by atoms with E-state index in [1.54, 1.807) is 6.92 Å². The van der Waals surface area contributed by atoms with E-state index in [1.807, 2.05) is 0 Å². The van der Waals surface area contributed by atoms with Gasteiger partial charge < -0.3 is 4.74 Å². The Morgan fingerprint density at radius 2 is 2.00 bits per heavy atom. The van der Waals surface area contributed by atoms with Crippen LogP contribution in [0, 0.1) is 0 Å². The normalized spacial score (nSPS) is 11.1. The van der Waals surface area contributed by atoms with Gasteiger partial charge in [0, 0.05) is 5.57 Å². The maximum Gasteiger partial charge on any atom is 0.333 e. The molecular weight excluding hydrogens is 234 g/mol. The zero-order chi connectivity index (χ0) is 10.5. The molecule has 0 amide bonds. The van der Waals surface area contributed by atoms with Crippen LogP contribution in [-0.2, 0) is 9.53 Å². The molecule has 2 nitrogen and oxygen atoms in total. The summed E-state index contributed by atoms with van der Waals surface area (Å²) in [4.78, 5) is 10.8. The second kappa shape index (κ2) is 5.74. The highest BCUT2D eigenvalue weighted by molar-refractivity contribution is 6.67. The molecule has 0 atom stereocenters. The number of alkyl halides is 3. The van der Waals surface area contributed by atoms with E-state index in [-0.39, 0.29) is 6.61 Å². The molecule has 0 saturated carbocycles. The number of halogens is 3. The lowest BCUT2D eigenvalue weighted by Crippen LogP contribution is -2.09. The molecule has 0 spiro atoms. The number of carbonyl (C=O) groups is 1. The van der Waals surface area contributed by atoms with Crippen molar-refractivity contribution in [2.75, 3.05) is 6.61 Å². The predicted octanol–water partition coefficient (Wildman–Crippen LogP) is 3.26. The van der Waals surface area contributed by atoms with Crippen LogP contribution in [-0.4, -0.2) is 16.4 Å². The maximum atomic E-state index is 10.8. The molecule has 0 bridgehead atoms. The Morgan fingerprint density at radius 3 is 2.38 bits per heavy atom. The molecule has 0 aliphatic carbocycles. The molecule has 0 aromatic heterocycles. The third-order valence-electron chi connectivity index (χ3n) is 1.19. The highest BCUT2D eigenvalue weighted by atomic mass is 35.6. The van der Waals surface area contributed by atoms with Crippen LogP contribution in [0.25, 0.3) is 0 Å². The molecule has 0 unspecified atom stereocenters. The van der Waals surface area contributed by atoms with Crippen LogP contribution in [0.4, 0.5) is 0 Å². The minimum atomic E-state index is -1.27. The molecule has 0 aromatic rings. The number of hydrogen-bond acceptors (Lipinski definition) is 2. The van der Waals surface area contributed by atoms with E-state index in [9.17, 15) is 4.79 Å². The number of rotatable bonds is 4. The second-order valence-corrected chi connectivity index (χ2v) is 5.15. The molecule has 0 aliphatic rings. The topological polar surface area (TPSA) is 26.3 Å². The van der Waals surface area contributed by atoms with Crippen LogP contribution >= 0.6 is 34.8 Å². The molecule has 0 saturated heterocycles. The minimum absolute atomic E-state index is 0.250. The van der Waals surface area contributed by atoms with E-state index in [2.05, 4.69) is 6.58 Å². The van der Waals surface area contributed by atoms with Crippen LogP contribution in [0.1, 0.15) is 19.8 Å². The van der Waals surface area contributed by atoms with Crippen LogP contribution in [0.5, 0.6) is 0 Å². The fourth-order valence-electron chi connectivity index (χ4n) is 0.561. The standard InChI is InChI=1S/C8H11Cl3O2/c1-6(2)7(12)13-5-3-4-8(9,10)11/h1,3-5H2,2H3. The van der Waals surface area contributed by atoms with Crippen LogP contribution in [0.2, 0.25) is 0 Å². The van der Waals surface area contributed by atoms with Crippen molar-refractivity contribution >= 4 is 40.8 Å². The third kappa shape index (κ3) is 8.41.